The first-order chi connectivity index (χ1) is 9.48. The lowest BCUT2D eigenvalue weighted by atomic mass is 10.1. The molecule has 0 unspecified atom stereocenters. The monoisotopic (exact) mass is 317 g/mol. The molecule has 0 radical (unpaired) electrons. The molecule has 2 heterocycles. The third-order valence-electron chi connectivity index (χ3n) is 3.38. The second kappa shape index (κ2) is 6.69. The Balaban J connectivity index is 1.79. The summed E-state index contributed by atoms with van der Waals surface area (Å²) in [5, 5.41) is 3.39. The molecule has 20 heavy (non-hydrogen) atoms. The van der Waals surface area contributed by atoms with E-state index in [0.29, 0.717) is 19.3 Å². The molecule has 7 heteroatoms. The summed E-state index contributed by atoms with van der Waals surface area (Å²) in [4.78, 5) is 13.3. The average molecular weight is 317 g/mol. The van der Waals surface area contributed by atoms with Crippen LogP contribution in [0.1, 0.15) is 22.6 Å². The van der Waals surface area contributed by atoms with Crippen LogP contribution in [-0.4, -0.2) is 39.0 Å². The van der Waals surface area contributed by atoms with Gasteiger partial charge in [0, 0.05) is 22.3 Å². The topological polar surface area (TPSA) is 72.5 Å². The summed E-state index contributed by atoms with van der Waals surface area (Å²) in [6, 6.07) is 4.20. The third-order valence-corrected chi connectivity index (χ3v) is 6.18. The van der Waals surface area contributed by atoms with Gasteiger partial charge in [-0.2, -0.15) is 0 Å². The number of nitrogens with one attached hydrogen (secondary N) is 1. The van der Waals surface area contributed by atoms with Crippen molar-refractivity contribution in [1.82, 2.24) is 5.32 Å². The number of ether oxygens (including phenoxy) is 1. The SMILES string of the molecule is COC(=O)Cc1ccc(CNC2CCS(=O)(=O)CC2)s1. The second-order valence-electron chi connectivity index (χ2n) is 4.93. The Hall–Kier alpha value is -0.920. The predicted molar refractivity (Wildman–Crippen MR) is 78.6 cm³/mol. The molecule has 0 spiro atoms. The van der Waals surface area contributed by atoms with Gasteiger partial charge in [-0.15, -0.1) is 11.3 Å². The number of sulfone groups is 1. The molecule has 1 aromatic rings. The first kappa shape index (κ1) is 15.5. The first-order valence-corrected chi connectivity index (χ1v) is 9.20. The van der Waals surface area contributed by atoms with E-state index in [1.807, 2.05) is 12.1 Å². The van der Waals surface area contributed by atoms with Gasteiger partial charge < -0.3 is 10.1 Å². The zero-order chi connectivity index (χ0) is 14.6. The van der Waals surface area contributed by atoms with E-state index in [-0.39, 0.29) is 23.5 Å². The van der Waals surface area contributed by atoms with E-state index in [1.54, 1.807) is 11.3 Å². The summed E-state index contributed by atoms with van der Waals surface area (Å²) in [5.74, 6) is 0.328. The maximum Gasteiger partial charge on any atom is 0.310 e. The van der Waals surface area contributed by atoms with Gasteiger partial charge in [-0.05, 0) is 25.0 Å². The summed E-state index contributed by atoms with van der Waals surface area (Å²) in [5.41, 5.74) is 0. The van der Waals surface area contributed by atoms with Gasteiger partial charge in [0.05, 0.1) is 25.0 Å². The lowest BCUT2D eigenvalue weighted by Crippen LogP contribution is -2.36. The number of hydrogen-bond donors (Lipinski definition) is 1. The highest BCUT2D eigenvalue weighted by Crippen LogP contribution is 2.19. The van der Waals surface area contributed by atoms with Crippen LogP contribution in [0, 0.1) is 0 Å². The molecule has 0 saturated carbocycles. The van der Waals surface area contributed by atoms with E-state index in [0.717, 1.165) is 16.3 Å². The van der Waals surface area contributed by atoms with Gasteiger partial charge in [-0.3, -0.25) is 4.79 Å². The van der Waals surface area contributed by atoms with Crippen molar-refractivity contribution in [2.75, 3.05) is 18.6 Å². The van der Waals surface area contributed by atoms with Gasteiger partial charge >= 0.3 is 5.97 Å². The van der Waals surface area contributed by atoms with Crippen molar-refractivity contribution in [2.24, 2.45) is 0 Å². The Labute approximate surface area is 123 Å². The molecule has 5 nitrogen and oxygen atoms in total. The molecule has 1 saturated heterocycles. The van der Waals surface area contributed by atoms with Crippen LogP contribution in [0.2, 0.25) is 0 Å². The number of carbonyl (C=O) groups is 1. The van der Waals surface area contributed by atoms with Gasteiger partial charge in [-0.25, -0.2) is 8.42 Å². The van der Waals surface area contributed by atoms with Crippen molar-refractivity contribution >= 4 is 27.1 Å². The molecule has 1 aliphatic heterocycles. The fraction of sp³-hybridized carbons (Fsp3) is 0.615. The number of thiophene rings is 1. The Bertz CT molecular complexity index is 551. The molecule has 0 atom stereocenters. The number of carbonyl (C=O) groups excluding carboxylic acids is 1. The van der Waals surface area contributed by atoms with Gasteiger partial charge in [0.1, 0.15) is 9.84 Å². The summed E-state index contributed by atoms with van der Waals surface area (Å²) in [7, 11) is -1.42. The normalized spacial score (nSPS) is 18.9. The predicted octanol–water partition coefficient (Wildman–Crippen LogP) is 1.13. The molecule has 1 fully saturated rings. The van der Waals surface area contributed by atoms with Crippen molar-refractivity contribution in [3.05, 3.63) is 21.9 Å². The van der Waals surface area contributed by atoms with Crippen LogP contribution in [-0.2, 0) is 32.3 Å². The molecule has 1 aliphatic rings. The Kier molecular flexibility index (Phi) is 5.17. The smallest absolute Gasteiger partial charge is 0.310 e. The van der Waals surface area contributed by atoms with Gasteiger partial charge in [0.25, 0.3) is 0 Å². The van der Waals surface area contributed by atoms with E-state index in [9.17, 15) is 13.2 Å². The van der Waals surface area contributed by atoms with E-state index in [2.05, 4.69) is 10.1 Å². The van der Waals surface area contributed by atoms with Crippen molar-refractivity contribution < 1.29 is 17.9 Å². The minimum absolute atomic E-state index is 0.233. The molecule has 0 amide bonds. The lowest BCUT2D eigenvalue weighted by Gasteiger charge is -2.22. The Morgan fingerprint density at radius 3 is 2.65 bits per heavy atom. The van der Waals surface area contributed by atoms with Gasteiger partial charge in [-0.1, -0.05) is 0 Å². The van der Waals surface area contributed by atoms with Gasteiger partial charge in [0.15, 0.2) is 0 Å². The van der Waals surface area contributed by atoms with E-state index < -0.39 is 9.84 Å². The van der Waals surface area contributed by atoms with E-state index >= 15 is 0 Å². The largest absolute Gasteiger partial charge is 0.469 e. The highest BCUT2D eigenvalue weighted by molar-refractivity contribution is 7.91. The Morgan fingerprint density at radius 1 is 1.35 bits per heavy atom. The van der Waals surface area contributed by atoms with Gasteiger partial charge in [0.2, 0.25) is 0 Å². The highest BCUT2D eigenvalue weighted by Gasteiger charge is 2.23. The number of esters is 1. The van der Waals surface area contributed by atoms with Crippen molar-refractivity contribution in [1.29, 1.82) is 0 Å². The highest BCUT2D eigenvalue weighted by atomic mass is 32.2. The van der Waals surface area contributed by atoms with Crippen LogP contribution in [0.4, 0.5) is 0 Å². The fourth-order valence-corrected chi connectivity index (χ4v) is 4.61. The van der Waals surface area contributed by atoms with Crippen LogP contribution < -0.4 is 5.32 Å². The summed E-state index contributed by atoms with van der Waals surface area (Å²) >= 11 is 1.58. The zero-order valence-electron chi connectivity index (χ0n) is 11.4. The molecular formula is C13H19NO4S2. The summed E-state index contributed by atoms with van der Waals surface area (Å²) in [6.45, 7) is 0.719. The quantitative estimate of drug-likeness (QED) is 0.824. The number of methoxy groups -OCH3 is 1. The van der Waals surface area contributed by atoms with Crippen molar-refractivity contribution in [3.63, 3.8) is 0 Å². The minimum Gasteiger partial charge on any atom is -0.469 e. The molecule has 112 valence electrons. The van der Waals surface area contributed by atoms with Crippen LogP contribution in [0.25, 0.3) is 0 Å². The number of hydrogen-bond acceptors (Lipinski definition) is 6. The standard InChI is InChI=1S/C13H19NO4S2/c1-18-13(15)8-11-2-3-12(19-11)9-14-10-4-6-20(16,17)7-5-10/h2-3,10,14H,4-9H2,1H3. The van der Waals surface area contributed by atoms with Crippen LogP contribution >= 0.6 is 11.3 Å². The maximum atomic E-state index is 11.3. The van der Waals surface area contributed by atoms with Crippen LogP contribution in [0.15, 0.2) is 12.1 Å². The summed E-state index contributed by atoms with van der Waals surface area (Å²) in [6.07, 6.45) is 1.67. The Morgan fingerprint density at radius 2 is 2.00 bits per heavy atom. The van der Waals surface area contributed by atoms with Crippen LogP contribution in [0.3, 0.4) is 0 Å². The first-order valence-electron chi connectivity index (χ1n) is 6.57. The molecule has 1 N–H and O–H groups in total. The lowest BCUT2D eigenvalue weighted by molar-refractivity contribution is -0.139. The molecule has 2 rings (SSSR count). The molecule has 0 bridgehead atoms. The molecule has 1 aromatic heterocycles. The van der Waals surface area contributed by atoms with E-state index in [4.69, 9.17) is 0 Å². The second-order valence-corrected chi connectivity index (χ2v) is 8.48. The average Bonchev–Trinajstić information content (AvgIpc) is 2.85. The molecule has 0 aliphatic carbocycles. The van der Waals surface area contributed by atoms with Crippen molar-refractivity contribution in [2.45, 2.75) is 31.8 Å². The van der Waals surface area contributed by atoms with Crippen molar-refractivity contribution in [3.8, 4) is 0 Å². The fourth-order valence-electron chi connectivity index (χ4n) is 2.17. The zero-order valence-corrected chi connectivity index (χ0v) is 13.1. The van der Waals surface area contributed by atoms with E-state index in [1.165, 1.54) is 7.11 Å². The summed E-state index contributed by atoms with van der Waals surface area (Å²) < 4.78 is 27.3. The molecule has 0 aromatic carbocycles. The van der Waals surface area contributed by atoms with Crippen LogP contribution in [0.5, 0.6) is 0 Å². The number of rotatable bonds is 5. The minimum atomic E-state index is -2.80. The third kappa shape index (κ3) is 4.57. The molecular weight excluding hydrogens is 298 g/mol. The maximum absolute atomic E-state index is 11.3.